The number of phenols is 4. The monoisotopic (exact) mass is 344 g/mol. The van der Waals surface area contributed by atoms with Crippen LogP contribution in [-0.4, -0.2) is 74.7 Å². The summed E-state index contributed by atoms with van der Waals surface area (Å²) in [5.74, 6) is -11.7. The van der Waals surface area contributed by atoms with E-state index in [1.165, 1.54) is 0 Å². The zero-order valence-corrected chi connectivity index (χ0v) is 12.3. The van der Waals surface area contributed by atoms with Crippen LogP contribution in [-0.2, 0) is 0 Å². The summed E-state index contributed by atoms with van der Waals surface area (Å²) in [6.45, 7) is 0. The van der Waals surface area contributed by atoms with Crippen LogP contribution in [0.15, 0.2) is 0 Å². The zero-order chi connectivity index (χ0) is 18.2. The maximum Gasteiger partial charge on any atom is 0.236 e. The van der Waals surface area contributed by atoms with Gasteiger partial charge in [-0.1, -0.05) is 0 Å². The van der Waals surface area contributed by atoms with Crippen LogP contribution in [0, 0.1) is 0 Å². The first-order valence-corrected chi connectivity index (χ1v) is 6.75. The van der Waals surface area contributed by atoms with Gasteiger partial charge in [0.1, 0.15) is 0 Å². The summed E-state index contributed by atoms with van der Waals surface area (Å²) in [5.41, 5.74) is -0.781. The number of phenolic OH excluding ortho intramolecular Hbond substituents is 4. The lowest BCUT2D eigenvalue weighted by Crippen LogP contribution is -2.52. The van der Waals surface area contributed by atoms with Gasteiger partial charge in [0.2, 0.25) is 23.3 Å². The van der Waals surface area contributed by atoms with Gasteiger partial charge in [0.15, 0.2) is 17.4 Å². The molecule has 1 aromatic heterocycles. The minimum atomic E-state index is -2.84. The quantitative estimate of drug-likeness (QED) is 0.163. The fraction of sp³-hybridized carbons (Fsp3) is 0.385. The minimum absolute atomic E-state index is 0.387. The van der Waals surface area contributed by atoms with E-state index < -0.39 is 64.0 Å². The van der Waals surface area contributed by atoms with Gasteiger partial charge in [-0.15, -0.1) is 0 Å². The second-order valence-corrected chi connectivity index (χ2v) is 5.81. The number of likely N-dealkylation sites (N-methyl/N-ethyl adjacent to an activating group) is 1. The average Bonchev–Trinajstić information content (AvgIpc) is 2.91. The molecule has 11 nitrogen and oxygen atoms in total. The van der Waals surface area contributed by atoms with Crippen molar-refractivity contribution >= 4 is 10.9 Å². The first kappa shape index (κ1) is 16.4. The smallest absolute Gasteiger partial charge is 0.236 e. The zero-order valence-electron chi connectivity index (χ0n) is 12.3. The molecule has 1 unspecified atom stereocenters. The molecular weight excluding hydrogens is 328 g/mol. The molecule has 2 aromatic rings. The number of H-pyrrole nitrogens is 1. The van der Waals surface area contributed by atoms with E-state index in [4.69, 9.17) is 0 Å². The number of nitrogens with zero attached hydrogens (tertiary/aromatic N) is 1. The van der Waals surface area contributed by atoms with Crippen LogP contribution in [0.3, 0.4) is 0 Å². The number of fused-ring (bicyclic) bond motifs is 1. The molecule has 0 amide bonds. The van der Waals surface area contributed by atoms with E-state index in [0.29, 0.717) is 4.90 Å². The highest BCUT2D eigenvalue weighted by Crippen LogP contribution is 2.56. The average molecular weight is 344 g/mol. The third kappa shape index (κ3) is 1.84. The van der Waals surface area contributed by atoms with Crippen LogP contribution in [0.1, 0.15) is 17.9 Å². The highest BCUT2D eigenvalue weighted by atomic mass is 16.6. The molecule has 0 bridgehead atoms. The molecule has 3 rings (SSSR count). The molecule has 11 heteroatoms. The summed E-state index contributed by atoms with van der Waals surface area (Å²) < 4.78 is 0. The molecule has 1 atom stereocenters. The Morgan fingerprint density at radius 3 is 1.96 bits per heavy atom. The van der Waals surface area contributed by atoms with Crippen molar-refractivity contribution in [2.75, 3.05) is 7.05 Å². The summed E-state index contributed by atoms with van der Waals surface area (Å²) in [6.07, 6.45) is -0.682. The normalized spacial score (nSPS) is 23.1. The Kier molecular flexibility index (Phi) is 3.12. The predicted molar refractivity (Wildman–Crippen MR) is 76.1 cm³/mol. The van der Waals surface area contributed by atoms with Crippen molar-refractivity contribution in [1.82, 2.24) is 9.88 Å². The largest absolute Gasteiger partial charge is 0.504 e. The van der Waals surface area contributed by atoms with Gasteiger partial charge in [-0.05, 0) is 7.05 Å². The number of likely N-dealkylation sites (tertiary alicyclic amines) is 1. The van der Waals surface area contributed by atoms with Crippen LogP contribution >= 0.6 is 0 Å². The number of hydrogen-bond donors (Lipinski definition) is 10. The number of aromatic amines is 1. The topological polar surface area (TPSA) is 201 Å². The molecule has 1 aromatic carbocycles. The molecule has 1 aliphatic heterocycles. The predicted octanol–water partition coefficient (Wildman–Crippen LogP) is -1.61. The molecular formula is C13H16N2O9. The molecule has 1 aliphatic rings. The Bertz CT molecular complexity index is 842. The van der Waals surface area contributed by atoms with Crippen molar-refractivity contribution in [1.29, 1.82) is 0 Å². The lowest BCUT2D eigenvalue weighted by Gasteiger charge is -2.32. The molecule has 0 radical (unpaired) electrons. The molecule has 132 valence electrons. The Hall–Kier alpha value is -2.44. The summed E-state index contributed by atoms with van der Waals surface area (Å²) >= 11 is 0. The summed E-state index contributed by atoms with van der Waals surface area (Å²) in [7, 11) is 1.01. The van der Waals surface area contributed by atoms with E-state index in [1.807, 2.05) is 0 Å². The second kappa shape index (κ2) is 4.55. The number of nitrogens with one attached hydrogen (secondary N) is 1. The van der Waals surface area contributed by atoms with Crippen LogP contribution in [0.5, 0.6) is 28.9 Å². The van der Waals surface area contributed by atoms with E-state index >= 15 is 0 Å². The maximum atomic E-state index is 10.2. The molecule has 0 aliphatic carbocycles. The van der Waals surface area contributed by atoms with Gasteiger partial charge < -0.3 is 50.9 Å². The van der Waals surface area contributed by atoms with Crippen LogP contribution in [0.2, 0.25) is 0 Å². The molecule has 0 saturated carbocycles. The summed E-state index contributed by atoms with van der Waals surface area (Å²) in [6, 6.07) is 0. The molecule has 2 heterocycles. The summed E-state index contributed by atoms with van der Waals surface area (Å²) in [5, 5.41) is 88.7. The lowest BCUT2D eigenvalue weighted by molar-refractivity contribution is -0.336. The van der Waals surface area contributed by atoms with Crippen LogP contribution in [0.25, 0.3) is 10.9 Å². The highest BCUT2D eigenvalue weighted by molar-refractivity contribution is 6.00. The highest BCUT2D eigenvalue weighted by Gasteiger charge is 2.59. The van der Waals surface area contributed by atoms with Crippen molar-refractivity contribution in [3.63, 3.8) is 0 Å². The number of benzene rings is 1. The van der Waals surface area contributed by atoms with E-state index in [1.54, 1.807) is 0 Å². The molecule has 10 N–H and O–H groups in total. The summed E-state index contributed by atoms with van der Waals surface area (Å²) in [4.78, 5) is 2.66. The number of aromatic hydroxyl groups is 5. The Morgan fingerprint density at radius 2 is 1.46 bits per heavy atom. The number of hydrogen-bond acceptors (Lipinski definition) is 10. The van der Waals surface area contributed by atoms with Gasteiger partial charge in [0, 0.05) is 12.0 Å². The Labute approximate surface area is 133 Å². The molecule has 0 spiro atoms. The van der Waals surface area contributed by atoms with Gasteiger partial charge in [-0.2, -0.15) is 0 Å². The van der Waals surface area contributed by atoms with Gasteiger partial charge in [-0.25, -0.2) is 4.90 Å². The standard InChI is InChI=1S/C13H16N2O9/c1-15-12(21,22)2-3(13(15,23)24)4-5-6(14-11(4)20)8(17)10(19)9(18)7(5)16/h3,14,16-24H,2H2,1H3. The Balaban J connectivity index is 2.34. The van der Waals surface area contributed by atoms with Crippen LogP contribution in [0.4, 0.5) is 0 Å². The van der Waals surface area contributed by atoms with Crippen molar-refractivity contribution in [2.24, 2.45) is 0 Å². The minimum Gasteiger partial charge on any atom is -0.504 e. The molecule has 1 fully saturated rings. The third-order valence-electron chi connectivity index (χ3n) is 4.49. The van der Waals surface area contributed by atoms with Gasteiger partial charge in [-0.3, -0.25) is 0 Å². The van der Waals surface area contributed by atoms with Crippen molar-refractivity contribution < 1.29 is 46.0 Å². The van der Waals surface area contributed by atoms with E-state index in [2.05, 4.69) is 4.98 Å². The Morgan fingerprint density at radius 1 is 0.917 bits per heavy atom. The van der Waals surface area contributed by atoms with E-state index in [0.717, 1.165) is 7.05 Å². The second-order valence-electron chi connectivity index (χ2n) is 5.81. The number of rotatable bonds is 1. The van der Waals surface area contributed by atoms with Crippen molar-refractivity contribution in [3.8, 4) is 28.9 Å². The lowest BCUT2D eigenvalue weighted by atomic mass is 9.92. The van der Waals surface area contributed by atoms with Gasteiger partial charge in [0.05, 0.1) is 16.8 Å². The first-order chi connectivity index (χ1) is 10.9. The maximum absolute atomic E-state index is 10.2. The van der Waals surface area contributed by atoms with Gasteiger partial charge >= 0.3 is 0 Å². The van der Waals surface area contributed by atoms with Crippen LogP contribution < -0.4 is 0 Å². The molecule has 1 saturated heterocycles. The molecule has 24 heavy (non-hydrogen) atoms. The van der Waals surface area contributed by atoms with E-state index in [-0.39, 0.29) is 5.52 Å². The fourth-order valence-corrected chi connectivity index (χ4v) is 3.07. The first-order valence-electron chi connectivity index (χ1n) is 6.75. The van der Waals surface area contributed by atoms with E-state index in [9.17, 15) is 46.0 Å². The van der Waals surface area contributed by atoms with Crippen molar-refractivity contribution in [3.05, 3.63) is 5.56 Å². The van der Waals surface area contributed by atoms with Gasteiger partial charge in [0.25, 0.3) is 0 Å². The fourth-order valence-electron chi connectivity index (χ4n) is 3.07. The van der Waals surface area contributed by atoms with Crippen molar-refractivity contribution in [2.45, 2.75) is 24.2 Å². The SMILES string of the molecule is CN1C(O)(O)CC(c2c(O)[nH]c3c(O)c(O)c(O)c(O)c23)C1(O)O. The third-order valence-corrected chi connectivity index (χ3v) is 4.49. The number of aliphatic hydroxyl groups is 4. The number of aromatic nitrogens is 1.